The molecule has 0 fully saturated rings. The first-order valence-electron chi connectivity index (χ1n) is 6.03. The Balaban J connectivity index is 2.19. The Morgan fingerprint density at radius 2 is 1.76 bits per heavy atom. The first-order chi connectivity index (χ1) is 10.0. The predicted molar refractivity (Wildman–Crippen MR) is 76.0 cm³/mol. The molecule has 6 nitrogen and oxygen atoms in total. The summed E-state index contributed by atoms with van der Waals surface area (Å²) in [4.78, 5) is 22.8. The third-order valence-corrected chi connectivity index (χ3v) is 2.84. The Hall–Kier alpha value is -3.02. The number of phenolic OH excluding ortho intramolecular Hbond substituents is 1. The Morgan fingerprint density at radius 3 is 2.33 bits per heavy atom. The van der Waals surface area contributed by atoms with Crippen LogP contribution in [0.4, 0.5) is 5.69 Å². The van der Waals surface area contributed by atoms with Gasteiger partial charge < -0.3 is 20.3 Å². The first-order valence-corrected chi connectivity index (χ1v) is 6.03. The van der Waals surface area contributed by atoms with E-state index in [4.69, 9.17) is 9.84 Å². The zero-order valence-electron chi connectivity index (χ0n) is 11.2. The summed E-state index contributed by atoms with van der Waals surface area (Å²) in [5.74, 6) is -1.29. The summed E-state index contributed by atoms with van der Waals surface area (Å²) in [5.41, 5.74) is 0.612. The molecule has 0 aromatic heterocycles. The van der Waals surface area contributed by atoms with E-state index in [1.807, 2.05) is 0 Å². The van der Waals surface area contributed by atoms with E-state index in [1.54, 1.807) is 0 Å². The number of anilines is 1. The maximum atomic E-state index is 12.1. The topological polar surface area (TPSA) is 95.9 Å². The maximum absolute atomic E-state index is 12.1. The molecule has 3 N–H and O–H groups in total. The molecule has 0 saturated carbocycles. The molecule has 0 unspecified atom stereocenters. The highest BCUT2D eigenvalue weighted by Gasteiger charge is 2.13. The van der Waals surface area contributed by atoms with Crippen LogP contribution in [0, 0.1) is 0 Å². The van der Waals surface area contributed by atoms with E-state index < -0.39 is 11.9 Å². The summed E-state index contributed by atoms with van der Waals surface area (Å²) in [6.45, 7) is 0. The van der Waals surface area contributed by atoms with Crippen molar-refractivity contribution < 1.29 is 24.5 Å². The number of carboxylic acids is 1. The van der Waals surface area contributed by atoms with Gasteiger partial charge in [0.25, 0.3) is 5.91 Å². The lowest BCUT2D eigenvalue weighted by molar-refractivity contribution is 0.0696. The quantitative estimate of drug-likeness (QED) is 0.802. The minimum absolute atomic E-state index is 0.0664. The molecular formula is C15H13NO5. The van der Waals surface area contributed by atoms with E-state index in [0.29, 0.717) is 11.4 Å². The van der Waals surface area contributed by atoms with Crippen LogP contribution >= 0.6 is 0 Å². The van der Waals surface area contributed by atoms with E-state index in [9.17, 15) is 14.7 Å². The van der Waals surface area contributed by atoms with Gasteiger partial charge in [0.15, 0.2) is 0 Å². The van der Waals surface area contributed by atoms with E-state index in [2.05, 4.69) is 5.32 Å². The molecule has 0 aliphatic heterocycles. The lowest BCUT2D eigenvalue weighted by Gasteiger charge is -2.08. The molecule has 0 heterocycles. The molecule has 0 aliphatic rings. The summed E-state index contributed by atoms with van der Waals surface area (Å²) < 4.78 is 5.00. The zero-order chi connectivity index (χ0) is 15.4. The average Bonchev–Trinajstić information content (AvgIpc) is 2.48. The van der Waals surface area contributed by atoms with Gasteiger partial charge in [-0.15, -0.1) is 0 Å². The lowest BCUT2D eigenvalue weighted by atomic mass is 10.1. The predicted octanol–water partition coefficient (Wildman–Crippen LogP) is 2.35. The van der Waals surface area contributed by atoms with Crippen LogP contribution in [0.15, 0.2) is 42.5 Å². The van der Waals surface area contributed by atoms with Crippen molar-refractivity contribution in [3.8, 4) is 11.5 Å². The second-order valence-electron chi connectivity index (χ2n) is 4.22. The largest absolute Gasteiger partial charge is 0.507 e. The monoisotopic (exact) mass is 287 g/mol. The molecule has 108 valence electrons. The smallest absolute Gasteiger partial charge is 0.335 e. The van der Waals surface area contributed by atoms with Crippen LogP contribution in [0.3, 0.4) is 0 Å². The number of hydrogen-bond donors (Lipinski definition) is 3. The van der Waals surface area contributed by atoms with Gasteiger partial charge in [-0.05, 0) is 42.5 Å². The second-order valence-corrected chi connectivity index (χ2v) is 4.22. The Kier molecular flexibility index (Phi) is 4.08. The summed E-state index contributed by atoms with van der Waals surface area (Å²) in [7, 11) is 1.46. The number of benzene rings is 2. The van der Waals surface area contributed by atoms with Crippen LogP contribution in [-0.4, -0.2) is 29.2 Å². The molecule has 6 heteroatoms. The molecule has 0 aliphatic carbocycles. The minimum atomic E-state index is -1.04. The molecule has 0 atom stereocenters. The highest BCUT2D eigenvalue weighted by atomic mass is 16.5. The van der Waals surface area contributed by atoms with Crippen molar-refractivity contribution in [3.05, 3.63) is 53.6 Å². The Bertz CT molecular complexity index is 679. The molecule has 0 saturated heterocycles. The zero-order valence-corrected chi connectivity index (χ0v) is 11.2. The number of aromatic carboxylic acids is 1. The molecule has 2 rings (SSSR count). The van der Waals surface area contributed by atoms with Gasteiger partial charge in [0.2, 0.25) is 0 Å². The van der Waals surface area contributed by atoms with E-state index in [-0.39, 0.29) is 16.9 Å². The maximum Gasteiger partial charge on any atom is 0.335 e. The van der Waals surface area contributed by atoms with E-state index in [0.717, 1.165) is 0 Å². The highest BCUT2D eigenvalue weighted by Crippen LogP contribution is 2.24. The number of aromatic hydroxyl groups is 1. The van der Waals surface area contributed by atoms with Crippen molar-refractivity contribution in [2.45, 2.75) is 0 Å². The number of phenols is 1. The second kappa shape index (κ2) is 5.96. The van der Waals surface area contributed by atoms with Gasteiger partial charge in [-0.2, -0.15) is 0 Å². The number of carbonyl (C=O) groups is 2. The van der Waals surface area contributed by atoms with Crippen LogP contribution in [-0.2, 0) is 0 Å². The summed E-state index contributed by atoms with van der Waals surface area (Å²) in [5, 5.41) is 21.1. The number of rotatable bonds is 4. The first kappa shape index (κ1) is 14.4. The minimum Gasteiger partial charge on any atom is -0.507 e. The van der Waals surface area contributed by atoms with E-state index in [1.165, 1.54) is 49.6 Å². The third-order valence-electron chi connectivity index (χ3n) is 2.84. The van der Waals surface area contributed by atoms with Gasteiger partial charge in [0, 0.05) is 5.69 Å². The van der Waals surface area contributed by atoms with Crippen molar-refractivity contribution in [1.29, 1.82) is 0 Å². The fourth-order valence-electron chi connectivity index (χ4n) is 1.72. The lowest BCUT2D eigenvalue weighted by Crippen LogP contribution is -2.12. The van der Waals surface area contributed by atoms with Gasteiger partial charge in [0.05, 0.1) is 18.2 Å². The number of ether oxygens (including phenoxy) is 1. The fraction of sp³-hybridized carbons (Fsp3) is 0.0667. The number of carboxylic acid groups (broad SMARTS) is 1. The van der Waals surface area contributed by atoms with Gasteiger partial charge in [-0.25, -0.2) is 4.79 Å². The molecule has 1 amide bonds. The number of nitrogens with one attached hydrogen (secondary N) is 1. The van der Waals surface area contributed by atoms with Gasteiger partial charge in [0.1, 0.15) is 11.5 Å². The van der Waals surface area contributed by atoms with Crippen LogP contribution in [0.2, 0.25) is 0 Å². The van der Waals surface area contributed by atoms with Crippen LogP contribution in [0.25, 0.3) is 0 Å². The molecule has 0 bridgehead atoms. The van der Waals surface area contributed by atoms with Gasteiger partial charge >= 0.3 is 5.97 Å². The Labute approximate surface area is 120 Å². The van der Waals surface area contributed by atoms with Crippen molar-refractivity contribution in [2.75, 3.05) is 12.4 Å². The third kappa shape index (κ3) is 3.30. The molecule has 0 radical (unpaired) electrons. The summed E-state index contributed by atoms with van der Waals surface area (Å²) in [6.07, 6.45) is 0. The molecule has 2 aromatic rings. The molecular weight excluding hydrogens is 274 g/mol. The number of amides is 1. The normalized spacial score (nSPS) is 9.95. The standard InChI is InChI=1S/C15H13NO5/c1-21-11-6-7-13(17)12(8-11)14(18)16-10-4-2-9(3-5-10)15(19)20/h2-8,17H,1H3,(H,16,18)(H,19,20). The van der Waals surface area contributed by atoms with Crippen molar-refractivity contribution in [2.24, 2.45) is 0 Å². The van der Waals surface area contributed by atoms with Crippen LogP contribution < -0.4 is 10.1 Å². The average molecular weight is 287 g/mol. The fourth-order valence-corrected chi connectivity index (χ4v) is 1.72. The number of methoxy groups -OCH3 is 1. The van der Waals surface area contributed by atoms with Crippen molar-refractivity contribution in [3.63, 3.8) is 0 Å². The van der Waals surface area contributed by atoms with Crippen molar-refractivity contribution >= 4 is 17.6 Å². The van der Waals surface area contributed by atoms with Crippen LogP contribution in [0.1, 0.15) is 20.7 Å². The van der Waals surface area contributed by atoms with Gasteiger partial charge in [-0.3, -0.25) is 4.79 Å². The van der Waals surface area contributed by atoms with Gasteiger partial charge in [-0.1, -0.05) is 0 Å². The number of carbonyl (C=O) groups excluding carboxylic acids is 1. The molecule has 2 aromatic carbocycles. The molecule has 21 heavy (non-hydrogen) atoms. The number of hydrogen-bond acceptors (Lipinski definition) is 4. The van der Waals surface area contributed by atoms with Crippen LogP contribution in [0.5, 0.6) is 11.5 Å². The molecule has 0 spiro atoms. The summed E-state index contributed by atoms with van der Waals surface area (Å²) >= 11 is 0. The van der Waals surface area contributed by atoms with Crippen molar-refractivity contribution in [1.82, 2.24) is 0 Å². The SMILES string of the molecule is COc1ccc(O)c(C(=O)Nc2ccc(C(=O)O)cc2)c1. The summed E-state index contributed by atoms with van der Waals surface area (Å²) in [6, 6.07) is 10.0. The highest BCUT2D eigenvalue weighted by molar-refractivity contribution is 6.06. The Morgan fingerprint density at radius 1 is 1.10 bits per heavy atom. The van der Waals surface area contributed by atoms with E-state index >= 15 is 0 Å².